The number of benzene rings is 1. The summed E-state index contributed by atoms with van der Waals surface area (Å²) < 4.78 is 4.59. The summed E-state index contributed by atoms with van der Waals surface area (Å²) in [7, 11) is 0. The quantitative estimate of drug-likeness (QED) is 0.325. The summed E-state index contributed by atoms with van der Waals surface area (Å²) in [5.74, 6) is -2.07. The van der Waals surface area contributed by atoms with Gasteiger partial charge in [0.25, 0.3) is 0 Å². The van der Waals surface area contributed by atoms with E-state index < -0.39 is 24.0 Å². The number of hydrogen-bond acceptors (Lipinski definition) is 4. The Hall–Kier alpha value is -1.97. The largest absolute Gasteiger partial charge is 0.466 e. The predicted molar refractivity (Wildman–Crippen MR) is 57.0 cm³/mol. The first-order chi connectivity index (χ1) is 7.65. The lowest BCUT2D eigenvalue weighted by Gasteiger charge is -2.00. The average Bonchev–Trinajstić information content (AvgIpc) is 2.29. The van der Waals surface area contributed by atoms with Gasteiger partial charge < -0.3 is 4.74 Å². The van der Waals surface area contributed by atoms with Crippen LogP contribution in [-0.2, 0) is 14.3 Å². The van der Waals surface area contributed by atoms with Crippen molar-refractivity contribution in [2.75, 3.05) is 6.61 Å². The van der Waals surface area contributed by atoms with E-state index in [0.29, 0.717) is 0 Å². The number of carbonyl (C=O) groups is 3. The zero-order chi connectivity index (χ0) is 12.0. The Morgan fingerprint density at radius 3 is 2.31 bits per heavy atom. The van der Waals surface area contributed by atoms with Gasteiger partial charge in [0, 0.05) is 5.56 Å². The van der Waals surface area contributed by atoms with Crippen LogP contribution in [0.25, 0.3) is 0 Å². The first kappa shape index (κ1) is 12.1. The van der Waals surface area contributed by atoms with Crippen molar-refractivity contribution < 1.29 is 19.1 Å². The molecule has 0 unspecified atom stereocenters. The molecular formula is C12H12O4. The monoisotopic (exact) mass is 220 g/mol. The van der Waals surface area contributed by atoms with Crippen LogP contribution in [0.4, 0.5) is 0 Å². The van der Waals surface area contributed by atoms with E-state index in [1.807, 2.05) is 0 Å². The van der Waals surface area contributed by atoms with E-state index in [-0.39, 0.29) is 12.2 Å². The second-order valence-electron chi connectivity index (χ2n) is 3.10. The lowest BCUT2D eigenvalue weighted by molar-refractivity contribution is -0.144. The van der Waals surface area contributed by atoms with Crippen molar-refractivity contribution in [3.8, 4) is 0 Å². The zero-order valence-electron chi connectivity index (χ0n) is 8.93. The molecule has 0 aromatic heterocycles. The molecule has 4 nitrogen and oxygen atoms in total. The Morgan fingerprint density at radius 1 is 1.12 bits per heavy atom. The highest BCUT2D eigenvalue weighted by molar-refractivity contribution is 6.45. The van der Waals surface area contributed by atoms with E-state index in [1.165, 1.54) is 12.1 Å². The molecule has 0 aliphatic heterocycles. The fourth-order valence-corrected chi connectivity index (χ4v) is 1.17. The molecule has 0 spiro atoms. The molecule has 0 saturated carbocycles. The Bertz CT molecular complexity index is 395. The van der Waals surface area contributed by atoms with Gasteiger partial charge >= 0.3 is 5.97 Å². The van der Waals surface area contributed by atoms with E-state index >= 15 is 0 Å². The van der Waals surface area contributed by atoms with E-state index in [2.05, 4.69) is 4.74 Å². The third-order valence-electron chi connectivity index (χ3n) is 1.90. The van der Waals surface area contributed by atoms with Gasteiger partial charge in [-0.15, -0.1) is 0 Å². The number of carbonyl (C=O) groups excluding carboxylic acids is 3. The molecule has 0 aliphatic rings. The normalized spacial score (nSPS) is 9.56. The standard InChI is InChI=1S/C12H12O4/c1-2-16-11(14)8-10(13)12(15)9-6-4-3-5-7-9/h3-7H,2,8H2,1H3. The van der Waals surface area contributed by atoms with Gasteiger partial charge in [-0.3, -0.25) is 14.4 Å². The van der Waals surface area contributed by atoms with Crippen LogP contribution in [0.2, 0.25) is 0 Å². The summed E-state index contributed by atoms with van der Waals surface area (Å²) in [6.45, 7) is 1.84. The number of Topliss-reactive ketones (excluding diaryl/α,β-unsaturated/α-hetero) is 2. The lowest BCUT2D eigenvalue weighted by atomic mass is 10.1. The number of ether oxygens (including phenoxy) is 1. The number of esters is 1. The summed E-state index contributed by atoms with van der Waals surface area (Å²) in [5, 5.41) is 0. The highest BCUT2D eigenvalue weighted by Gasteiger charge is 2.19. The van der Waals surface area contributed by atoms with Crippen LogP contribution in [0.15, 0.2) is 30.3 Å². The Labute approximate surface area is 93.2 Å². The van der Waals surface area contributed by atoms with E-state index in [0.717, 1.165) is 0 Å². The SMILES string of the molecule is CCOC(=O)CC(=O)C(=O)c1ccccc1. The number of ketones is 2. The van der Waals surface area contributed by atoms with Crippen molar-refractivity contribution in [2.45, 2.75) is 13.3 Å². The van der Waals surface area contributed by atoms with Crippen molar-refractivity contribution in [1.29, 1.82) is 0 Å². The number of rotatable bonds is 5. The number of hydrogen-bond donors (Lipinski definition) is 0. The maximum atomic E-state index is 11.5. The Morgan fingerprint density at radius 2 is 1.75 bits per heavy atom. The summed E-state index contributed by atoms with van der Waals surface area (Å²) in [4.78, 5) is 33.9. The van der Waals surface area contributed by atoms with E-state index in [4.69, 9.17) is 0 Å². The van der Waals surface area contributed by atoms with Crippen LogP contribution in [0.5, 0.6) is 0 Å². The highest BCUT2D eigenvalue weighted by atomic mass is 16.5. The molecule has 0 N–H and O–H groups in total. The first-order valence-corrected chi connectivity index (χ1v) is 4.93. The van der Waals surface area contributed by atoms with E-state index in [9.17, 15) is 14.4 Å². The van der Waals surface area contributed by atoms with Crippen molar-refractivity contribution in [3.63, 3.8) is 0 Å². The fraction of sp³-hybridized carbons (Fsp3) is 0.250. The predicted octanol–water partition coefficient (Wildman–Crippen LogP) is 1.39. The van der Waals surface area contributed by atoms with Gasteiger partial charge in [0.2, 0.25) is 11.6 Å². The molecular weight excluding hydrogens is 208 g/mol. The molecule has 0 radical (unpaired) electrons. The van der Waals surface area contributed by atoms with Gasteiger partial charge in [0.1, 0.15) is 6.42 Å². The van der Waals surface area contributed by atoms with Crippen LogP contribution in [0.1, 0.15) is 23.7 Å². The summed E-state index contributed by atoms with van der Waals surface area (Å²) in [5.41, 5.74) is 0.289. The van der Waals surface area contributed by atoms with Crippen LogP contribution in [0.3, 0.4) is 0 Å². The smallest absolute Gasteiger partial charge is 0.313 e. The van der Waals surface area contributed by atoms with Crippen molar-refractivity contribution in [1.82, 2.24) is 0 Å². The zero-order valence-corrected chi connectivity index (χ0v) is 8.93. The maximum Gasteiger partial charge on any atom is 0.313 e. The molecule has 1 rings (SSSR count). The van der Waals surface area contributed by atoms with E-state index in [1.54, 1.807) is 25.1 Å². The van der Waals surface area contributed by atoms with Gasteiger partial charge in [0.15, 0.2) is 0 Å². The molecule has 0 heterocycles. The minimum atomic E-state index is -0.746. The molecule has 4 heteroatoms. The molecule has 0 saturated heterocycles. The maximum absolute atomic E-state index is 11.5. The molecule has 84 valence electrons. The summed E-state index contributed by atoms with van der Waals surface area (Å²) in [6.07, 6.45) is -0.498. The summed E-state index contributed by atoms with van der Waals surface area (Å²) in [6, 6.07) is 8.12. The molecule has 1 aromatic rings. The second-order valence-corrected chi connectivity index (χ2v) is 3.10. The molecule has 0 fully saturated rings. The van der Waals surface area contributed by atoms with Crippen molar-refractivity contribution >= 4 is 17.5 Å². The molecule has 0 amide bonds. The summed E-state index contributed by atoms with van der Waals surface area (Å²) >= 11 is 0. The topological polar surface area (TPSA) is 60.4 Å². The van der Waals surface area contributed by atoms with Crippen LogP contribution >= 0.6 is 0 Å². The third kappa shape index (κ3) is 3.31. The van der Waals surface area contributed by atoms with Crippen molar-refractivity contribution in [3.05, 3.63) is 35.9 Å². The van der Waals surface area contributed by atoms with Crippen LogP contribution in [0, 0.1) is 0 Å². The average molecular weight is 220 g/mol. The first-order valence-electron chi connectivity index (χ1n) is 4.93. The third-order valence-corrected chi connectivity index (χ3v) is 1.90. The molecule has 0 aliphatic carbocycles. The molecule has 0 bridgehead atoms. The van der Waals surface area contributed by atoms with Gasteiger partial charge in [0.05, 0.1) is 6.61 Å². The molecule has 16 heavy (non-hydrogen) atoms. The molecule has 0 atom stereocenters. The van der Waals surface area contributed by atoms with Crippen molar-refractivity contribution in [2.24, 2.45) is 0 Å². The Kier molecular flexibility index (Phi) is 4.39. The van der Waals surface area contributed by atoms with Gasteiger partial charge in [-0.05, 0) is 6.92 Å². The molecule has 1 aromatic carbocycles. The minimum absolute atomic E-state index is 0.200. The van der Waals surface area contributed by atoms with Gasteiger partial charge in [-0.25, -0.2) is 0 Å². The minimum Gasteiger partial charge on any atom is -0.466 e. The van der Waals surface area contributed by atoms with Gasteiger partial charge in [-0.1, -0.05) is 30.3 Å². The van der Waals surface area contributed by atoms with Gasteiger partial charge in [-0.2, -0.15) is 0 Å². The Balaban J connectivity index is 2.62. The highest BCUT2D eigenvalue weighted by Crippen LogP contribution is 2.03. The van der Waals surface area contributed by atoms with Crippen LogP contribution in [-0.4, -0.2) is 24.1 Å². The lowest BCUT2D eigenvalue weighted by Crippen LogP contribution is -2.19. The second kappa shape index (κ2) is 5.80. The van der Waals surface area contributed by atoms with Crippen LogP contribution < -0.4 is 0 Å². The fourth-order valence-electron chi connectivity index (χ4n) is 1.17.